The molecule has 0 saturated carbocycles. The van der Waals surface area contributed by atoms with Crippen molar-refractivity contribution in [2.45, 2.75) is 20.8 Å². The third kappa shape index (κ3) is 3.83. The van der Waals surface area contributed by atoms with Crippen LogP contribution in [0, 0.1) is 20.8 Å². The molecule has 0 radical (unpaired) electrons. The van der Waals surface area contributed by atoms with E-state index in [9.17, 15) is 14.4 Å². The molecule has 2 aliphatic heterocycles. The van der Waals surface area contributed by atoms with Crippen LogP contribution in [0.3, 0.4) is 0 Å². The Morgan fingerprint density at radius 3 is 2.38 bits per heavy atom. The van der Waals surface area contributed by atoms with Crippen molar-refractivity contribution in [3.05, 3.63) is 39.3 Å². The van der Waals surface area contributed by atoms with E-state index in [2.05, 4.69) is 0 Å². The molecule has 0 aromatic heterocycles. The van der Waals surface area contributed by atoms with E-state index in [1.807, 2.05) is 32.9 Å². The molecule has 1 aromatic carbocycles. The number of carbonyl (C=O) groups excluding carboxylic acids is 3. The van der Waals surface area contributed by atoms with Crippen LogP contribution in [-0.4, -0.2) is 59.7 Å². The highest BCUT2D eigenvalue weighted by molar-refractivity contribution is 8.18. The number of benzene rings is 1. The molecule has 1 aromatic rings. The van der Waals surface area contributed by atoms with Gasteiger partial charge < -0.3 is 9.64 Å². The van der Waals surface area contributed by atoms with Gasteiger partial charge in [0.15, 0.2) is 0 Å². The van der Waals surface area contributed by atoms with Gasteiger partial charge in [-0.3, -0.25) is 19.3 Å². The maximum atomic E-state index is 12.6. The largest absolute Gasteiger partial charge is 0.378 e. The zero-order valence-electron chi connectivity index (χ0n) is 15.2. The summed E-state index contributed by atoms with van der Waals surface area (Å²) in [4.78, 5) is 40.3. The molecule has 3 rings (SSSR count). The Morgan fingerprint density at radius 2 is 1.77 bits per heavy atom. The Kier molecular flexibility index (Phi) is 5.48. The molecule has 2 aliphatic rings. The number of hydrogen-bond donors (Lipinski definition) is 0. The molecule has 0 N–H and O–H groups in total. The van der Waals surface area contributed by atoms with Crippen molar-refractivity contribution in [1.82, 2.24) is 9.80 Å². The van der Waals surface area contributed by atoms with Gasteiger partial charge in [-0.15, -0.1) is 0 Å². The third-order valence-electron chi connectivity index (χ3n) is 4.54. The summed E-state index contributed by atoms with van der Waals surface area (Å²) in [6, 6.07) is 4.09. The summed E-state index contributed by atoms with van der Waals surface area (Å²) in [6.07, 6.45) is 1.76. The van der Waals surface area contributed by atoms with Gasteiger partial charge in [-0.1, -0.05) is 17.7 Å². The lowest BCUT2D eigenvalue weighted by atomic mass is 9.99. The summed E-state index contributed by atoms with van der Waals surface area (Å²) in [5, 5.41) is -0.398. The van der Waals surface area contributed by atoms with E-state index in [1.54, 1.807) is 11.0 Å². The van der Waals surface area contributed by atoms with Crippen LogP contribution in [0.2, 0.25) is 0 Å². The second kappa shape index (κ2) is 7.63. The van der Waals surface area contributed by atoms with E-state index in [4.69, 9.17) is 4.74 Å². The van der Waals surface area contributed by atoms with Crippen molar-refractivity contribution in [2.24, 2.45) is 0 Å². The molecule has 0 aliphatic carbocycles. The summed E-state index contributed by atoms with van der Waals surface area (Å²) in [6.45, 7) is 7.73. The maximum absolute atomic E-state index is 12.6. The zero-order valence-corrected chi connectivity index (χ0v) is 16.0. The molecule has 7 heteroatoms. The van der Waals surface area contributed by atoms with Gasteiger partial charge in [-0.2, -0.15) is 0 Å². The number of rotatable bonds is 3. The number of thioether (sulfide) groups is 1. The molecular weight excluding hydrogens is 352 g/mol. The first-order valence-electron chi connectivity index (χ1n) is 8.55. The number of nitrogens with zero attached hydrogens (tertiary/aromatic N) is 2. The number of carbonyl (C=O) groups is 3. The monoisotopic (exact) mass is 374 g/mol. The number of ether oxygens (including phenoxy) is 1. The number of amides is 3. The van der Waals surface area contributed by atoms with Crippen molar-refractivity contribution in [1.29, 1.82) is 0 Å². The van der Waals surface area contributed by atoms with E-state index in [0.717, 1.165) is 38.9 Å². The quantitative estimate of drug-likeness (QED) is 0.761. The predicted octanol–water partition coefficient (Wildman–Crippen LogP) is 2.51. The maximum Gasteiger partial charge on any atom is 0.294 e. The first-order valence-corrected chi connectivity index (χ1v) is 9.37. The predicted molar refractivity (Wildman–Crippen MR) is 101 cm³/mol. The van der Waals surface area contributed by atoms with Crippen molar-refractivity contribution >= 4 is 34.9 Å². The molecule has 2 fully saturated rings. The van der Waals surface area contributed by atoms with Gasteiger partial charge >= 0.3 is 0 Å². The second-order valence-electron chi connectivity index (χ2n) is 6.57. The SMILES string of the molecule is Cc1cc(C)c(/C=C2/SC(=O)N(CC(=O)N3CCOCC3)C2=O)c(C)c1. The zero-order chi connectivity index (χ0) is 18.8. The number of imide groups is 1. The van der Waals surface area contributed by atoms with Crippen LogP contribution in [0.15, 0.2) is 17.0 Å². The standard InChI is InChI=1S/C19H22N2O4S/c1-12-8-13(2)15(14(3)9-12)10-16-18(23)21(19(24)26-16)11-17(22)20-4-6-25-7-5-20/h8-10H,4-7,11H2,1-3H3/b16-10+. The van der Waals surface area contributed by atoms with Gasteiger partial charge in [0.05, 0.1) is 18.1 Å². The van der Waals surface area contributed by atoms with Crippen LogP contribution >= 0.6 is 11.8 Å². The molecule has 6 nitrogen and oxygen atoms in total. The van der Waals surface area contributed by atoms with E-state index in [0.29, 0.717) is 31.2 Å². The molecule has 0 bridgehead atoms. The fraction of sp³-hybridized carbons (Fsp3) is 0.421. The normalized spacial score (nSPS) is 19.6. The number of hydrogen-bond acceptors (Lipinski definition) is 5. The fourth-order valence-corrected chi connectivity index (χ4v) is 4.05. The van der Waals surface area contributed by atoms with Crippen LogP contribution in [0.4, 0.5) is 4.79 Å². The molecule has 0 atom stereocenters. The van der Waals surface area contributed by atoms with E-state index >= 15 is 0 Å². The lowest BCUT2D eigenvalue weighted by molar-refractivity contribution is -0.139. The smallest absolute Gasteiger partial charge is 0.294 e. The lowest BCUT2D eigenvalue weighted by Crippen LogP contribution is -2.46. The molecule has 3 amide bonds. The highest BCUT2D eigenvalue weighted by atomic mass is 32.2. The Balaban J connectivity index is 1.77. The second-order valence-corrected chi connectivity index (χ2v) is 7.57. The molecule has 0 unspecified atom stereocenters. The minimum absolute atomic E-state index is 0.214. The van der Waals surface area contributed by atoms with E-state index < -0.39 is 11.1 Å². The molecule has 2 heterocycles. The minimum atomic E-state index is -0.402. The summed E-state index contributed by atoms with van der Waals surface area (Å²) in [7, 11) is 0. The number of morpholine rings is 1. The highest BCUT2D eigenvalue weighted by Gasteiger charge is 2.37. The highest BCUT2D eigenvalue weighted by Crippen LogP contribution is 2.33. The van der Waals surface area contributed by atoms with Crippen molar-refractivity contribution in [2.75, 3.05) is 32.8 Å². The molecule has 2 saturated heterocycles. The van der Waals surface area contributed by atoms with Crippen LogP contribution in [-0.2, 0) is 14.3 Å². The molecule has 26 heavy (non-hydrogen) atoms. The van der Waals surface area contributed by atoms with Crippen LogP contribution in [0.25, 0.3) is 6.08 Å². The van der Waals surface area contributed by atoms with E-state index in [-0.39, 0.29) is 12.5 Å². The van der Waals surface area contributed by atoms with Crippen molar-refractivity contribution < 1.29 is 19.1 Å². The van der Waals surface area contributed by atoms with E-state index in [1.165, 1.54) is 0 Å². The third-order valence-corrected chi connectivity index (χ3v) is 5.45. The summed E-state index contributed by atoms with van der Waals surface area (Å²) < 4.78 is 5.22. The number of aryl methyl sites for hydroxylation is 3. The van der Waals surface area contributed by atoms with Crippen LogP contribution < -0.4 is 0 Å². The summed E-state index contributed by atoms with van der Waals surface area (Å²) in [5.41, 5.74) is 4.21. The Bertz CT molecular complexity index is 774. The molecule has 138 valence electrons. The van der Waals surface area contributed by atoms with Gasteiger partial charge in [-0.05, 0) is 55.3 Å². The van der Waals surface area contributed by atoms with Crippen molar-refractivity contribution in [3.8, 4) is 0 Å². The van der Waals surface area contributed by atoms with Gasteiger partial charge in [0.2, 0.25) is 5.91 Å². The van der Waals surface area contributed by atoms with Gasteiger partial charge in [-0.25, -0.2) is 0 Å². The van der Waals surface area contributed by atoms with Gasteiger partial charge in [0.25, 0.3) is 11.1 Å². The van der Waals surface area contributed by atoms with Crippen LogP contribution in [0.1, 0.15) is 22.3 Å². The Morgan fingerprint density at radius 1 is 1.15 bits per heavy atom. The Hall–Kier alpha value is -2.12. The first kappa shape index (κ1) is 18.7. The molecular formula is C19H22N2O4S. The molecule has 0 spiro atoms. The van der Waals surface area contributed by atoms with Crippen LogP contribution in [0.5, 0.6) is 0 Å². The Labute approximate surface area is 157 Å². The first-order chi connectivity index (χ1) is 12.4. The average molecular weight is 374 g/mol. The lowest BCUT2D eigenvalue weighted by Gasteiger charge is -2.28. The summed E-state index contributed by atoms with van der Waals surface area (Å²) >= 11 is 0.890. The fourth-order valence-electron chi connectivity index (χ4n) is 3.23. The van der Waals surface area contributed by atoms with Gasteiger partial charge in [0.1, 0.15) is 6.54 Å². The summed E-state index contributed by atoms with van der Waals surface area (Å²) in [5.74, 6) is -0.625. The average Bonchev–Trinajstić information content (AvgIpc) is 2.86. The minimum Gasteiger partial charge on any atom is -0.378 e. The topological polar surface area (TPSA) is 66.9 Å². The van der Waals surface area contributed by atoms with Crippen molar-refractivity contribution in [3.63, 3.8) is 0 Å². The van der Waals surface area contributed by atoms with Gasteiger partial charge in [0, 0.05) is 13.1 Å².